The van der Waals surface area contributed by atoms with Gasteiger partial charge in [0.1, 0.15) is 11.6 Å². The molecular formula is C14H18FNO3. The van der Waals surface area contributed by atoms with Crippen molar-refractivity contribution in [2.75, 3.05) is 6.54 Å². The maximum absolute atomic E-state index is 13.2. The highest BCUT2D eigenvalue weighted by Gasteiger charge is 2.31. The number of phenols is 1. The molecule has 19 heavy (non-hydrogen) atoms. The first kappa shape index (κ1) is 13.8. The smallest absolute Gasteiger partial charge is 0.257 e. The van der Waals surface area contributed by atoms with Gasteiger partial charge in [-0.2, -0.15) is 0 Å². The van der Waals surface area contributed by atoms with Crippen molar-refractivity contribution in [1.82, 2.24) is 4.90 Å². The fourth-order valence-corrected chi connectivity index (χ4v) is 2.58. The molecule has 0 spiro atoms. The van der Waals surface area contributed by atoms with Crippen molar-refractivity contribution < 1.29 is 19.4 Å². The molecule has 1 aromatic carbocycles. The zero-order valence-corrected chi connectivity index (χ0v) is 10.8. The molecule has 104 valence electrons. The predicted molar refractivity (Wildman–Crippen MR) is 68.4 cm³/mol. The van der Waals surface area contributed by atoms with Crippen LogP contribution in [-0.2, 0) is 0 Å². The van der Waals surface area contributed by atoms with Crippen LogP contribution in [-0.4, -0.2) is 39.7 Å². The second-order valence-corrected chi connectivity index (χ2v) is 5.04. The first-order chi connectivity index (χ1) is 8.99. The summed E-state index contributed by atoms with van der Waals surface area (Å²) in [5, 5.41) is 19.1. The van der Waals surface area contributed by atoms with Gasteiger partial charge in [-0.1, -0.05) is 0 Å². The van der Waals surface area contributed by atoms with Crippen molar-refractivity contribution in [2.45, 2.75) is 38.3 Å². The lowest BCUT2D eigenvalue weighted by molar-refractivity contribution is 0.0678. The Balaban J connectivity index is 2.20. The summed E-state index contributed by atoms with van der Waals surface area (Å²) in [6.45, 7) is 2.26. The number of carbonyl (C=O) groups excluding carboxylic acids is 1. The standard InChI is InChI=1S/C14H18FNO3/c1-9(17)7-11-3-2-6-16(11)14(19)12-8-10(15)4-5-13(12)18/h4-5,8-9,11,17-18H,2-3,6-7H2,1H3. The van der Waals surface area contributed by atoms with E-state index in [0.29, 0.717) is 13.0 Å². The summed E-state index contributed by atoms with van der Waals surface area (Å²) in [4.78, 5) is 13.9. The van der Waals surface area contributed by atoms with Gasteiger partial charge in [-0.25, -0.2) is 4.39 Å². The van der Waals surface area contributed by atoms with E-state index in [1.165, 1.54) is 6.07 Å². The van der Waals surface area contributed by atoms with E-state index in [0.717, 1.165) is 25.0 Å². The number of benzene rings is 1. The number of aromatic hydroxyl groups is 1. The van der Waals surface area contributed by atoms with Crippen LogP contribution in [0, 0.1) is 5.82 Å². The van der Waals surface area contributed by atoms with E-state index in [2.05, 4.69) is 0 Å². The summed E-state index contributed by atoms with van der Waals surface area (Å²) in [6.07, 6.45) is 1.70. The second-order valence-electron chi connectivity index (χ2n) is 5.04. The van der Waals surface area contributed by atoms with Crippen LogP contribution in [0.3, 0.4) is 0 Å². The number of hydrogen-bond donors (Lipinski definition) is 2. The molecule has 2 atom stereocenters. The van der Waals surface area contributed by atoms with E-state index in [9.17, 15) is 19.4 Å². The molecule has 0 aliphatic carbocycles. The molecule has 0 aromatic heterocycles. The highest BCUT2D eigenvalue weighted by atomic mass is 19.1. The summed E-state index contributed by atoms with van der Waals surface area (Å²) in [5.41, 5.74) is -0.0162. The van der Waals surface area contributed by atoms with E-state index >= 15 is 0 Å². The number of amides is 1. The maximum atomic E-state index is 13.2. The lowest BCUT2D eigenvalue weighted by Crippen LogP contribution is -2.37. The number of carbonyl (C=O) groups is 1. The summed E-state index contributed by atoms with van der Waals surface area (Å²) in [6, 6.07) is 3.30. The molecule has 2 rings (SSSR count). The van der Waals surface area contributed by atoms with Gasteiger partial charge >= 0.3 is 0 Å². The van der Waals surface area contributed by atoms with Crippen LogP contribution in [0.4, 0.5) is 4.39 Å². The highest BCUT2D eigenvalue weighted by Crippen LogP contribution is 2.27. The molecule has 0 radical (unpaired) electrons. The average molecular weight is 267 g/mol. The lowest BCUT2D eigenvalue weighted by atomic mass is 10.1. The summed E-state index contributed by atoms with van der Waals surface area (Å²) < 4.78 is 13.2. The van der Waals surface area contributed by atoms with Crippen molar-refractivity contribution in [3.05, 3.63) is 29.6 Å². The van der Waals surface area contributed by atoms with Gasteiger partial charge in [0, 0.05) is 12.6 Å². The molecule has 5 heteroatoms. The number of nitrogens with zero attached hydrogens (tertiary/aromatic N) is 1. The molecule has 0 saturated carbocycles. The zero-order valence-electron chi connectivity index (χ0n) is 10.8. The third-order valence-electron chi connectivity index (χ3n) is 3.44. The van der Waals surface area contributed by atoms with E-state index < -0.39 is 11.9 Å². The molecule has 1 aliphatic heterocycles. The quantitative estimate of drug-likeness (QED) is 0.879. The van der Waals surface area contributed by atoms with Crippen molar-refractivity contribution >= 4 is 5.91 Å². The van der Waals surface area contributed by atoms with E-state index in [1.807, 2.05) is 0 Å². The van der Waals surface area contributed by atoms with Gasteiger partial charge in [-0.15, -0.1) is 0 Å². The second kappa shape index (κ2) is 5.57. The molecule has 2 unspecified atom stereocenters. The van der Waals surface area contributed by atoms with Gasteiger partial charge in [-0.3, -0.25) is 4.79 Å². The molecular weight excluding hydrogens is 249 g/mol. The predicted octanol–water partition coefficient (Wildman–Crippen LogP) is 1.91. The van der Waals surface area contributed by atoms with Gasteiger partial charge in [-0.05, 0) is 44.4 Å². The number of hydrogen-bond acceptors (Lipinski definition) is 3. The Kier molecular flexibility index (Phi) is 4.04. The fraction of sp³-hybridized carbons (Fsp3) is 0.500. The van der Waals surface area contributed by atoms with Gasteiger partial charge in [0.05, 0.1) is 11.7 Å². The summed E-state index contributed by atoms with van der Waals surface area (Å²) >= 11 is 0. The van der Waals surface area contributed by atoms with Crippen molar-refractivity contribution in [2.24, 2.45) is 0 Å². The van der Waals surface area contributed by atoms with E-state index in [-0.39, 0.29) is 23.3 Å². The minimum atomic E-state index is -0.549. The number of rotatable bonds is 3. The first-order valence-electron chi connectivity index (χ1n) is 6.46. The van der Waals surface area contributed by atoms with Crippen LogP contribution in [0.15, 0.2) is 18.2 Å². The number of likely N-dealkylation sites (tertiary alicyclic amines) is 1. The Labute approximate surface area is 111 Å². The monoisotopic (exact) mass is 267 g/mol. The Bertz CT molecular complexity index is 476. The van der Waals surface area contributed by atoms with Crippen molar-refractivity contribution in [1.29, 1.82) is 0 Å². The molecule has 4 nitrogen and oxygen atoms in total. The molecule has 0 bridgehead atoms. The highest BCUT2D eigenvalue weighted by molar-refractivity contribution is 5.97. The molecule has 1 fully saturated rings. The van der Waals surface area contributed by atoms with Crippen LogP contribution >= 0.6 is 0 Å². The van der Waals surface area contributed by atoms with Gasteiger partial charge in [0.2, 0.25) is 0 Å². The maximum Gasteiger partial charge on any atom is 0.257 e. The zero-order chi connectivity index (χ0) is 14.0. The lowest BCUT2D eigenvalue weighted by Gasteiger charge is -2.26. The van der Waals surface area contributed by atoms with Crippen LogP contribution in [0.2, 0.25) is 0 Å². The van der Waals surface area contributed by atoms with Crippen LogP contribution in [0.1, 0.15) is 36.5 Å². The first-order valence-corrected chi connectivity index (χ1v) is 6.46. The Morgan fingerprint density at radius 3 is 3.00 bits per heavy atom. The topological polar surface area (TPSA) is 60.8 Å². The number of aliphatic hydroxyl groups is 1. The van der Waals surface area contributed by atoms with Crippen molar-refractivity contribution in [3.63, 3.8) is 0 Å². The molecule has 1 amide bonds. The van der Waals surface area contributed by atoms with Crippen molar-refractivity contribution in [3.8, 4) is 5.75 Å². The molecule has 1 aliphatic rings. The minimum absolute atomic E-state index is 0.0162. The van der Waals surface area contributed by atoms with Gasteiger partial charge in [0.25, 0.3) is 5.91 Å². The minimum Gasteiger partial charge on any atom is -0.507 e. The summed E-state index contributed by atoms with van der Waals surface area (Å²) in [7, 11) is 0. The number of aliphatic hydroxyl groups excluding tert-OH is 1. The molecule has 2 N–H and O–H groups in total. The van der Waals surface area contributed by atoms with E-state index in [4.69, 9.17) is 0 Å². The molecule has 1 heterocycles. The average Bonchev–Trinajstić information content (AvgIpc) is 2.78. The normalized spacial score (nSPS) is 20.6. The SMILES string of the molecule is CC(O)CC1CCCN1C(=O)c1cc(F)ccc1O. The number of phenolic OH excluding ortho intramolecular Hbond substituents is 1. The third-order valence-corrected chi connectivity index (χ3v) is 3.44. The Morgan fingerprint density at radius 1 is 1.58 bits per heavy atom. The van der Waals surface area contributed by atoms with Crippen LogP contribution in [0.25, 0.3) is 0 Å². The van der Waals surface area contributed by atoms with Crippen LogP contribution in [0.5, 0.6) is 5.75 Å². The van der Waals surface area contributed by atoms with Crippen LogP contribution < -0.4 is 0 Å². The fourth-order valence-electron chi connectivity index (χ4n) is 2.58. The molecule has 1 saturated heterocycles. The number of halogens is 1. The van der Waals surface area contributed by atoms with Gasteiger partial charge in [0.15, 0.2) is 0 Å². The Hall–Kier alpha value is -1.62. The largest absolute Gasteiger partial charge is 0.507 e. The molecule has 1 aromatic rings. The Morgan fingerprint density at radius 2 is 2.32 bits per heavy atom. The third kappa shape index (κ3) is 3.04. The van der Waals surface area contributed by atoms with Gasteiger partial charge < -0.3 is 15.1 Å². The summed E-state index contributed by atoms with van der Waals surface area (Å²) in [5.74, 6) is -1.14. The van der Waals surface area contributed by atoms with E-state index in [1.54, 1.807) is 11.8 Å².